The number of hydrazine groups is 1. The molecule has 132 valence electrons. The van der Waals surface area contributed by atoms with Crippen molar-refractivity contribution in [3.05, 3.63) is 29.8 Å². The van der Waals surface area contributed by atoms with Gasteiger partial charge >= 0.3 is 0 Å². The van der Waals surface area contributed by atoms with E-state index in [9.17, 15) is 13.2 Å². The smallest absolute Gasteiger partial charge is 0.269 e. The lowest BCUT2D eigenvalue weighted by molar-refractivity contribution is 0.0943. The van der Waals surface area contributed by atoms with E-state index in [2.05, 4.69) is 16.2 Å². The van der Waals surface area contributed by atoms with Crippen molar-refractivity contribution in [3.63, 3.8) is 0 Å². The summed E-state index contributed by atoms with van der Waals surface area (Å²) in [5.74, 6) is -0.453. The standard InChI is InChI=1S/C15H22N4O3S2/c1-2-16-15(23)18-17-14(20)12-7-6-8-13(11-12)24(21,22)19-9-4-3-5-10-19/h6-8,11H,2-5,9-10H2,1H3,(H,17,20)(H2,16,18,23). The van der Waals surface area contributed by atoms with Crippen molar-refractivity contribution in [2.45, 2.75) is 31.1 Å². The second-order valence-electron chi connectivity index (χ2n) is 5.43. The van der Waals surface area contributed by atoms with Crippen molar-refractivity contribution in [1.29, 1.82) is 0 Å². The molecular weight excluding hydrogens is 348 g/mol. The van der Waals surface area contributed by atoms with Crippen LogP contribution in [0.3, 0.4) is 0 Å². The van der Waals surface area contributed by atoms with Gasteiger partial charge < -0.3 is 5.32 Å². The molecule has 1 fully saturated rings. The molecular formula is C15H22N4O3S2. The van der Waals surface area contributed by atoms with Gasteiger partial charge in [-0.05, 0) is 50.2 Å². The van der Waals surface area contributed by atoms with E-state index in [0.717, 1.165) is 19.3 Å². The Kier molecular flexibility index (Phi) is 6.52. The van der Waals surface area contributed by atoms with E-state index in [0.29, 0.717) is 24.7 Å². The van der Waals surface area contributed by atoms with E-state index < -0.39 is 15.9 Å². The molecule has 1 aromatic carbocycles. The number of nitrogens with zero attached hydrogens (tertiary/aromatic N) is 1. The third-order valence-electron chi connectivity index (χ3n) is 3.68. The highest BCUT2D eigenvalue weighted by molar-refractivity contribution is 7.89. The van der Waals surface area contributed by atoms with Gasteiger partial charge in [-0.25, -0.2) is 8.42 Å². The van der Waals surface area contributed by atoms with Crippen molar-refractivity contribution in [1.82, 2.24) is 20.5 Å². The zero-order valence-corrected chi connectivity index (χ0v) is 15.2. The molecule has 1 heterocycles. The van der Waals surface area contributed by atoms with Crippen LogP contribution >= 0.6 is 12.2 Å². The van der Waals surface area contributed by atoms with Crippen LogP contribution in [0.25, 0.3) is 0 Å². The van der Waals surface area contributed by atoms with Crippen LogP contribution in [0, 0.1) is 0 Å². The van der Waals surface area contributed by atoms with Crippen molar-refractivity contribution in [2.24, 2.45) is 0 Å². The summed E-state index contributed by atoms with van der Waals surface area (Å²) < 4.78 is 26.8. The summed E-state index contributed by atoms with van der Waals surface area (Å²) in [7, 11) is -3.56. The number of piperidine rings is 1. The number of thiocarbonyl (C=S) groups is 1. The molecule has 0 saturated carbocycles. The lowest BCUT2D eigenvalue weighted by Gasteiger charge is -2.26. The van der Waals surface area contributed by atoms with Gasteiger partial charge in [-0.3, -0.25) is 15.6 Å². The molecule has 1 aliphatic heterocycles. The van der Waals surface area contributed by atoms with Gasteiger partial charge in [0.1, 0.15) is 0 Å². The van der Waals surface area contributed by atoms with Crippen LogP contribution in [0.4, 0.5) is 0 Å². The number of carbonyl (C=O) groups excluding carboxylic acids is 1. The maximum atomic E-state index is 12.7. The molecule has 24 heavy (non-hydrogen) atoms. The highest BCUT2D eigenvalue weighted by Gasteiger charge is 2.26. The summed E-state index contributed by atoms with van der Waals surface area (Å²) in [6.07, 6.45) is 2.78. The minimum absolute atomic E-state index is 0.131. The van der Waals surface area contributed by atoms with Gasteiger partial charge in [0.25, 0.3) is 5.91 Å². The molecule has 1 saturated heterocycles. The fraction of sp³-hybridized carbons (Fsp3) is 0.467. The van der Waals surface area contributed by atoms with Crippen LogP contribution in [0.2, 0.25) is 0 Å². The fourth-order valence-electron chi connectivity index (χ4n) is 2.44. The third kappa shape index (κ3) is 4.65. The largest absolute Gasteiger partial charge is 0.362 e. The molecule has 0 atom stereocenters. The molecule has 7 nitrogen and oxygen atoms in total. The molecule has 0 aromatic heterocycles. The maximum absolute atomic E-state index is 12.7. The van der Waals surface area contributed by atoms with Crippen LogP contribution < -0.4 is 16.2 Å². The Morgan fingerprint density at radius 2 is 1.92 bits per heavy atom. The zero-order valence-electron chi connectivity index (χ0n) is 13.5. The Labute approximate surface area is 147 Å². The van der Waals surface area contributed by atoms with E-state index in [1.807, 2.05) is 6.92 Å². The SMILES string of the molecule is CCNC(=S)NNC(=O)c1cccc(S(=O)(=O)N2CCCCC2)c1. The number of amides is 1. The normalized spacial score (nSPS) is 15.5. The number of nitrogens with one attached hydrogen (secondary N) is 3. The predicted octanol–water partition coefficient (Wildman–Crippen LogP) is 0.990. The van der Waals surface area contributed by atoms with E-state index in [1.54, 1.807) is 12.1 Å². The van der Waals surface area contributed by atoms with Gasteiger partial charge in [0.05, 0.1) is 4.90 Å². The molecule has 0 spiro atoms. The average molecular weight is 371 g/mol. The molecule has 3 N–H and O–H groups in total. The number of rotatable bonds is 4. The number of sulfonamides is 1. The summed E-state index contributed by atoms with van der Waals surface area (Å²) in [6.45, 7) is 3.56. The van der Waals surface area contributed by atoms with Crippen LogP contribution in [0.15, 0.2) is 29.2 Å². The van der Waals surface area contributed by atoms with E-state index in [-0.39, 0.29) is 10.5 Å². The topological polar surface area (TPSA) is 90.5 Å². The first-order valence-electron chi connectivity index (χ1n) is 7.89. The predicted molar refractivity (Wildman–Crippen MR) is 95.9 cm³/mol. The first-order chi connectivity index (χ1) is 11.4. The van der Waals surface area contributed by atoms with Gasteiger partial charge in [0.2, 0.25) is 10.0 Å². The summed E-state index contributed by atoms with van der Waals surface area (Å²) in [5.41, 5.74) is 5.25. The quantitative estimate of drug-likeness (QED) is 0.541. The summed E-state index contributed by atoms with van der Waals surface area (Å²) >= 11 is 4.95. The maximum Gasteiger partial charge on any atom is 0.269 e. The zero-order chi connectivity index (χ0) is 17.6. The van der Waals surface area contributed by atoms with Gasteiger partial charge in [-0.1, -0.05) is 12.5 Å². The molecule has 0 bridgehead atoms. The lowest BCUT2D eigenvalue weighted by Crippen LogP contribution is -2.46. The molecule has 1 aromatic rings. The van der Waals surface area contributed by atoms with Crippen LogP contribution in [-0.2, 0) is 10.0 Å². The van der Waals surface area contributed by atoms with Crippen LogP contribution in [0.5, 0.6) is 0 Å². The van der Waals surface area contributed by atoms with E-state index in [4.69, 9.17) is 12.2 Å². The number of carbonyl (C=O) groups is 1. The minimum atomic E-state index is -3.56. The minimum Gasteiger partial charge on any atom is -0.362 e. The Morgan fingerprint density at radius 3 is 2.58 bits per heavy atom. The Morgan fingerprint density at radius 1 is 1.21 bits per heavy atom. The number of hydrogen-bond donors (Lipinski definition) is 3. The third-order valence-corrected chi connectivity index (χ3v) is 5.82. The molecule has 0 radical (unpaired) electrons. The van der Waals surface area contributed by atoms with Gasteiger partial charge in [0.15, 0.2) is 5.11 Å². The van der Waals surface area contributed by atoms with E-state index in [1.165, 1.54) is 16.4 Å². The van der Waals surface area contributed by atoms with Crippen LogP contribution in [-0.4, -0.2) is 43.4 Å². The van der Waals surface area contributed by atoms with Crippen molar-refractivity contribution < 1.29 is 13.2 Å². The Balaban J connectivity index is 2.10. The summed E-state index contributed by atoms with van der Waals surface area (Å²) in [5, 5.41) is 3.13. The second-order valence-corrected chi connectivity index (χ2v) is 7.78. The monoisotopic (exact) mass is 370 g/mol. The fourth-order valence-corrected chi connectivity index (χ4v) is 4.20. The van der Waals surface area contributed by atoms with Gasteiger partial charge in [-0.2, -0.15) is 4.31 Å². The summed E-state index contributed by atoms with van der Waals surface area (Å²) in [4.78, 5) is 12.3. The van der Waals surface area contributed by atoms with E-state index >= 15 is 0 Å². The Bertz CT molecular complexity index is 700. The highest BCUT2D eigenvalue weighted by atomic mass is 32.2. The molecule has 1 amide bonds. The Hall–Kier alpha value is -1.71. The molecule has 1 aliphatic rings. The summed E-state index contributed by atoms with van der Waals surface area (Å²) in [6, 6.07) is 6.02. The second kappa shape index (κ2) is 8.41. The van der Waals surface area contributed by atoms with Gasteiger partial charge in [-0.15, -0.1) is 0 Å². The first kappa shape index (κ1) is 18.6. The number of benzene rings is 1. The van der Waals surface area contributed by atoms with Crippen molar-refractivity contribution in [2.75, 3.05) is 19.6 Å². The highest BCUT2D eigenvalue weighted by Crippen LogP contribution is 2.21. The molecule has 2 rings (SSSR count). The van der Waals surface area contributed by atoms with Crippen LogP contribution in [0.1, 0.15) is 36.5 Å². The first-order valence-corrected chi connectivity index (χ1v) is 9.74. The van der Waals surface area contributed by atoms with Crippen molar-refractivity contribution >= 4 is 33.3 Å². The molecule has 9 heteroatoms. The lowest BCUT2D eigenvalue weighted by atomic mass is 10.2. The van der Waals surface area contributed by atoms with Crippen molar-refractivity contribution in [3.8, 4) is 0 Å². The average Bonchev–Trinajstić information content (AvgIpc) is 2.61. The molecule has 0 aliphatic carbocycles. The molecule has 0 unspecified atom stereocenters. The van der Waals surface area contributed by atoms with Gasteiger partial charge in [0, 0.05) is 25.2 Å². The number of hydrogen-bond acceptors (Lipinski definition) is 4.